The average Bonchev–Trinajstić information content (AvgIpc) is 3.11. The molecule has 6 nitrogen and oxygen atoms in total. The molecule has 24 heavy (non-hydrogen) atoms. The van der Waals surface area contributed by atoms with E-state index in [-0.39, 0.29) is 11.3 Å². The lowest BCUT2D eigenvalue weighted by molar-refractivity contribution is 0.0714. The third-order valence-electron chi connectivity index (χ3n) is 5.25. The minimum atomic E-state index is 0.101. The van der Waals surface area contributed by atoms with Crippen LogP contribution in [0.15, 0.2) is 28.9 Å². The van der Waals surface area contributed by atoms with Crippen LogP contribution in [0, 0.1) is 19.3 Å². The van der Waals surface area contributed by atoms with Crippen LogP contribution in [0.4, 0.5) is 5.95 Å². The first kappa shape index (κ1) is 15.2. The number of aromatic nitrogens is 2. The van der Waals surface area contributed by atoms with Gasteiger partial charge in [0.2, 0.25) is 5.95 Å². The maximum Gasteiger partial charge on any atom is 0.257 e. The van der Waals surface area contributed by atoms with Gasteiger partial charge < -0.3 is 14.6 Å². The van der Waals surface area contributed by atoms with Crippen molar-refractivity contribution >= 4 is 11.9 Å². The second kappa shape index (κ2) is 5.61. The quantitative estimate of drug-likeness (QED) is 0.939. The van der Waals surface area contributed by atoms with Crippen LogP contribution in [0.25, 0.3) is 0 Å². The number of nitrogens with zero attached hydrogens (tertiary/aromatic N) is 3. The van der Waals surface area contributed by atoms with Crippen molar-refractivity contribution in [2.45, 2.75) is 39.2 Å². The molecule has 1 spiro atoms. The largest absolute Gasteiger partial charge is 0.466 e. The van der Waals surface area contributed by atoms with Crippen LogP contribution in [-0.4, -0.2) is 39.9 Å². The number of likely N-dealkylation sites (tertiary alicyclic amines) is 1. The van der Waals surface area contributed by atoms with Crippen LogP contribution in [0.5, 0.6) is 0 Å². The molecule has 1 aliphatic heterocycles. The lowest BCUT2D eigenvalue weighted by Crippen LogP contribution is -2.47. The summed E-state index contributed by atoms with van der Waals surface area (Å²) in [7, 11) is 0. The average molecular weight is 326 g/mol. The Kier molecular flexibility index (Phi) is 3.55. The topological polar surface area (TPSA) is 71.3 Å². The van der Waals surface area contributed by atoms with Crippen LogP contribution >= 0.6 is 0 Å². The predicted molar refractivity (Wildman–Crippen MR) is 89.8 cm³/mol. The van der Waals surface area contributed by atoms with E-state index in [1.54, 1.807) is 12.4 Å². The Morgan fingerprint density at radius 2 is 2.08 bits per heavy atom. The second-order valence-corrected chi connectivity index (χ2v) is 7.13. The zero-order valence-electron chi connectivity index (χ0n) is 14.1. The van der Waals surface area contributed by atoms with E-state index in [4.69, 9.17) is 4.42 Å². The van der Waals surface area contributed by atoms with E-state index in [0.29, 0.717) is 23.3 Å². The number of carbonyl (C=O) groups excluding carboxylic acids is 1. The van der Waals surface area contributed by atoms with Crippen LogP contribution in [-0.2, 0) is 0 Å². The van der Waals surface area contributed by atoms with Crippen molar-refractivity contribution in [2.75, 3.05) is 18.4 Å². The monoisotopic (exact) mass is 326 g/mol. The second-order valence-electron chi connectivity index (χ2n) is 7.13. The van der Waals surface area contributed by atoms with Gasteiger partial charge in [-0.15, -0.1) is 0 Å². The fraction of sp³-hybridized carbons (Fsp3) is 0.500. The summed E-state index contributed by atoms with van der Waals surface area (Å²) >= 11 is 0. The maximum atomic E-state index is 12.7. The number of amides is 1. The highest BCUT2D eigenvalue weighted by atomic mass is 16.3. The molecule has 0 atom stereocenters. The van der Waals surface area contributed by atoms with Gasteiger partial charge in [0.15, 0.2) is 0 Å². The molecule has 1 saturated heterocycles. The van der Waals surface area contributed by atoms with Gasteiger partial charge in [0.25, 0.3) is 5.91 Å². The van der Waals surface area contributed by atoms with Gasteiger partial charge in [-0.05, 0) is 50.7 Å². The van der Waals surface area contributed by atoms with Gasteiger partial charge in [-0.2, -0.15) is 0 Å². The molecule has 2 aromatic heterocycles. The molecule has 1 amide bonds. The fourth-order valence-corrected chi connectivity index (χ4v) is 4.10. The van der Waals surface area contributed by atoms with Crippen molar-refractivity contribution in [2.24, 2.45) is 5.41 Å². The molecular formula is C18H22N4O2. The molecule has 0 radical (unpaired) electrons. The van der Waals surface area contributed by atoms with Gasteiger partial charge in [0.1, 0.15) is 11.5 Å². The molecule has 3 heterocycles. The lowest BCUT2D eigenvalue weighted by atomic mass is 9.65. The normalized spacial score (nSPS) is 25.8. The number of furan rings is 1. The number of anilines is 1. The number of hydrogen-bond donors (Lipinski definition) is 1. The first-order valence-corrected chi connectivity index (χ1v) is 8.45. The van der Waals surface area contributed by atoms with Crippen molar-refractivity contribution in [3.63, 3.8) is 0 Å². The standard InChI is InChI=1S/C18H22N4O2/c1-12-8-15(13(2)24-12)16(23)22-7-4-18(11-22)9-14(10-18)21-17-19-5-3-6-20-17/h3,5-6,8,14H,4,7,9-11H2,1-2H3,(H,19,20,21). The Morgan fingerprint density at radius 3 is 2.75 bits per heavy atom. The zero-order valence-corrected chi connectivity index (χ0v) is 14.1. The zero-order chi connectivity index (χ0) is 16.7. The van der Waals surface area contributed by atoms with Gasteiger partial charge in [-0.1, -0.05) is 0 Å². The van der Waals surface area contributed by atoms with Crippen molar-refractivity contribution in [1.29, 1.82) is 0 Å². The molecule has 6 heteroatoms. The first-order chi connectivity index (χ1) is 11.5. The van der Waals surface area contributed by atoms with Gasteiger partial charge in [-0.25, -0.2) is 9.97 Å². The first-order valence-electron chi connectivity index (χ1n) is 8.45. The lowest BCUT2D eigenvalue weighted by Gasteiger charge is -2.45. The summed E-state index contributed by atoms with van der Waals surface area (Å²) in [5, 5.41) is 3.38. The third kappa shape index (κ3) is 2.66. The van der Waals surface area contributed by atoms with Crippen LogP contribution in [0.3, 0.4) is 0 Å². The van der Waals surface area contributed by atoms with Crippen LogP contribution in [0.2, 0.25) is 0 Å². The molecule has 2 fully saturated rings. The van der Waals surface area contributed by atoms with E-state index < -0.39 is 0 Å². The minimum Gasteiger partial charge on any atom is -0.466 e. The Bertz CT molecular complexity index is 750. The SMILES string of the molecule is Cc1cc(C(=O)N2CCC3(CC(Nc4ncccn4)C3)C2)c(C)o1. The summed E-state index contributed by atoms with van der Waals surface area (Å²) in [6.07, 6.45) is 6.70. The van der Waals surface area contributed by atoms with Gasteiger partial charge in [-0.3, -0.25) is 4.79 Å². The summed E-state index contributed by atoms with van der Waals surface area (Å²) < 4.78 is 5.50. The van der Waals surface area contributed by atoms with E-state index >= 15 is 0 Å². The highest BCUT2D eigenvalue weighted by Crippen LogP contribution is 2.49. The Morgan fingerprint density at radius 1 is 1.33 bits per heavy atom. The van der Waals surface area contributed by atoms with E-state index in [0.717, 1.165) is 38.1 Å². The van der Waals surface area contributed by atoms with E-state index in [9.17, 15) is 4.79 Å². The third-order valence-corrected chi connectivity index (χ3v) is 5.25. The smallest absolute Gasteiger partial charge is 0.257 e. The highest BCUT2D eigenvalue weighted by molar-refractivity contribution is 5.95. The van der Waals surface area contributed by atoms with Gasteiger partial charge in [0.05, 0.1) is 5.56 Å². The Hall–Kier alpha value is -2.37. The summed E-state index contributed by atoms with van der Waals surface area (Å²) in [4.78, 5) is 23.1. The molecule has 1 N–H and O–H groups in total. The molecule has 0 aromatic carbocycles. The molecule has 1 aliphatic carbocycles. The number of nitrogens with one attached hydrogen (secondary N) is 1. The molecule has 2 aromatic rings. The summed E-state index contributed by atoms with van der Waals surface area (Å²) in [5.74, 6) is 2.30. The number of aryl methyl sites for hydroxylation is 2. The Balaban J connectivity index is 1.36. The Labute approximate surface area is 141 Å². The van der Waals surface area contributed by atoms with Crippen LogP contribution < -0.4 is 5.32 Å². The number of hydrogen-bond acceptors (Lipinski definition) is 5. The van der Waals surface area contributed by atoms with E-state index in [1.165, 1.54) is 0 Å². The molecule has 2 aliphatic rings. The molecule has 1 saturated carbocycles. The summed E-state index contributed by atoms with van der Waals surface area (Å²) in [5.41, 5.74) is 0.964. The van der Waals surface area contributed by atoms with E-state index in [1.807, 2.05) is 30.9 Å². The van der Waals surface area contributed by atoms with Crippen LogP contribution in [0.1, 0.15) is 41.1 Å². The highest BCUT2D eigenvalue weighted by Gasteiger charge is 2.49. The number of rotatable bonds is 3. The molecular weight excluding hydrogens is 304 g/mol. The molecule has 126 valence electrons. The van der Waals surface area contributed by atoms with E-state index in [2.05, 4.69) is 15.3 Å². The van der Waals surface area contributed by atoms with Gasteiger partial charge >= 0.3 is 0 Å². The minimum absolute atomic E-state index is 0.101. The summed E-state index contributed by atoms with van der Waals surface area (Å²) in [6.45, 7) is 5.40. The fourth-order valence-electron chi connectivity index (χ4n) is 4.10. The molecule has 0 bridgehead atoms. The molecule has 0 unspecified atom stereocenters. The predicted octanol–water partition coefficient (Wildman–Crippen LogP) is 2.79. The molecule has 4 rings (SSSR count). The van der Waals surface area contributed by atoms with Crippen molar-refractivity contribution in [3.8, 4) is 0 Å². The van der Waals surface area contributed by atoms with Gasteiger partial charge in [0, 0.05) is 31.5 Å². The van der Waals surface area contributed by atoms with Crippen molar-refractivity contribution < 1.29 is 9.21 Å². The number of carbonyl (C=O) groups is 1. The summed E-state index contributed by atoms with van der Waals surface area (Å²) in [6, 6.07) is 4.06. The van der Waals surface area contributed by atoms with Crippen molar-refractivity contribution in [3.05, 3.63) is 41.6 Å². The maximum absolute atomic E-state index is 12.7. The van der Waals surface area contributed by atoms with Crippen molar-refractivity contribution in [1.82, 2.24) is 14.9 Å².